The number of nitrogens with zero attached hydrogens (tertiary/aromatic N) is 3. The van der Waals surface area contributed by atoms with Crippen molar-refractivity contribution in [3.05, 3.63) is 52.8 Å². The Bertz CT molecular complexity index is 1050. The minimum atomic E-state index is -0.630. The molecule has 0 aliphatic carbocycles. The summed E-state index contributed by atoms with van der Waals surface area (Å²) in [4.78, 5) is 38.0. The lowest BCUT2D eigenvalue weighted by atomic mass is 10.0. The number of nitrogens with one attached hydrogen (secondary N) is 1. The highest BCUT2D eigenvalue weighted by Crippen LogP contribution is 2.29. The largest absolute Gasteiger partial charge is 0.330 e. The maximum atomic E-state index is 12.8. The molecule has 1 fully saturated rings. The molecule has 1 unspecified atom stereocenters. The summed E-state index contributed by atoms with van der Waals surface area (Å²) >= 11 is 0. The van der Waals surface area contributed by atoms with Crippen LogP contribution < -0.4 is 11.1 Å². The number of hydrogen-bond acceptors (Lipinski definition) is 5. The highest BCUT2D eigenvalue weighted by molar-refractivity contribution is 6.05. The van der Waals surface area contributed by atoms with Crippen LogP contribution in [-0.2, 0) is 22.7 Å². The van der Waals surface area contributed by atoms with Crippen molar-refractivity contribution < 1.29 is 14.4 Å². The molecule has 1 aromatic carbocycles. The molecule has 2 aromatic rings. The Morgan fingerprint density at radius 1 is 1.24 bits per heavy atom. The molecule has 0 radical (unpaired) electrons. The normalized spacial score (nSPS) is 18.3. The molecule has 3 heterocycles. The van der Waals surface area contributed by atoms with Crippen LogP contribution in [0.4, 0.5) is 0 Å². The maximum Gasteiger partial charge on any atom is 0.255 e. The molecule has 0 saturated carbocycles. The molecule has 1 atom stereocenters. The summed E-state index contributed by atoms with van der Waals surface area (Å²) in [7, 11) is 0. The number of aryl methyl sites for hydroxylation is 1. The van der Waals surface area contributed by atoms with Gasteiger partial charge in [-0.05, 0) is 37.1 Å². The van der Waals surface area contributed by atoms with Gasteiger partial charge in [-0.15, -0.1) is 0 Å². The van der Waals surface area contributed by atoms with Gasteiger partial charge in [0.05, 0.1) is 11.8 Å². The molecule has 8 heteroatoms. The molecule has 148 valence electrons. The van der Waals surface area contributed by atoms with Crippen LogP contribution in [-0.4, -0.2) is 45.0 Å². The summed E-state index contributed by atoms with van der Waals surface area (Å²) in [5.74, 6) is 5.31. The highest BCUT2D eigenvalue weighted by atomic mass is 16.2. The monoisotopic (exact) mass is 391 g/mol. The van der Waals surface area contributed by atoms with E-state index in [9.17, 15) is 14.4 Å². The summed E-state index contributed by atoms with van der Waals surface area (Å²) in [6.07, 6.45) is 4.99. The van der Waals surface area contributed by atoms with E-state index in [4.69, 9.17) is 5.73 Å². The fourth-order valence-corrected chi connectivity index (χ4v) is 3.65. The van der Waals surface area contributed by atoms with Crippen LogP contribution in [0.3, 0.4) is 0 Å². The Labute approximate surface area is 168 Å². The van der Waals surface area contributed by atoms with Crippen molar-refractivity contribution in [2.45, 2.75) is 38.4 Å². The molecule has 0 bridgehead atoms. The van der Waals surface area contributed by atoms with Gasteiger partial charge in [0.1, 0.15) is 6.04 Å². The van der Waals surface area contributed by atoms with Crippen LogP contribution in [0.15, 0.2) is 30.6 Å². The summed E-state index contributed by atoms with van der Waals surface area (Å²) in [5, 5.41) is 6.58. The Kier molecular flexibility index (Phi) is 5.14. The number of amides is 3. The number of aromatic nitrogens is 2. The minimum Gasteiger partial charge on any atom is -0.330 e. The molecule has 2 aliphatic heterocycles. The summed E-state index contributed by atoms with van der Waals surface area (Å²) in [5.41, 5.74) is 8.42. The fraction of sp³-hybridized carbons (Fsp3) is 0.333. The Balaban J connectivity index is 1.55. The first-order valence-corrected chi connectivity index (χ1v) is 9.58. The van der Waals surface area contributed by atoms with E-state index in [2.05, 4.69) is 22.3 Å². The van der Waals surface area contributed by atoms with E-state index in [0.29, 0.717) is 25.1 Å². The summed E-state index contributed by atoms with van der Waals surface area (Å²) < 4.78 is 1.81. The number of carbonyl (C=O) groups excluding carboxylic acids is 3. The van der Waals surface area contributed by atoms with Crippen molar-refractivity contribution in [1.29, 1.82) is 0 Å². The zero-order chi connectivity index (χ0) is 20.4. The van der Waals surface area contributed by atoms with Gasteiger partial charge in [0.2, 0.25) is 11.8 Å². The van der Waals surface area contributed by atoms with E-state index in [-0.39, 0.29) is 18.2 Å². The van der Waals surface area contributed by atoms with E-state index in [1.54, 1.807) is 23.0 Å². The van der Waals surface area contributed by atoms with Crippen LogP contribution in [0.2, 0.25) is 0 Å². The number of imide groups is 1. The second kappa shape index (κ2) is 7.89. The third-order valence-corrected chi connectivity index (χ3v) is 5.15. The maximum absolute atomic E-state index is 12.8. The second-order valence-electron chi connectivity index (χ2n) is 7.12. The van der Waals surface area contributed by atoms with Gasteiger partial charge in [0.15, 0.2) is 0 Å². The van der Waals surface area contributed by atoms with Crippen molar-refractivity contribution in [2.24, 2.45) is 5.73 Å². The molecule has 4 rings (SSSR count). The molecule has 8 nitrogen and oxygen atoms in total. The zero-order valence-corrected chi connectivity index (χ0v) is 15.9. The molecule has 3 N–H and O–H groups in total. The second-order valence-corrected chi connectivity index (χ2v) is 7.12. The topological polar surface area (TPSA) is 110 Å². The third-order valence-electron chi connectivity index (χ3n) is 5.15. The Morgan fingerprint density at radius 3 is 2.90 bits per heavy atom. The van der Waals surface area contributed by atoms with Gasteiger partial charge >= 0.3 is 0 Å². The average Bonchev–Trinajstić information content (AvgIpc) is 3.30. The molecule has 1 aromatic heterocycles. The predicted molar refractivity (Wildman–Crippen MR) is 104 cm³/mol. The number of rotatable bonds is 4. The van der Waals surface area contributed by atoms with E-state index in [1.165, 1.54) is 4.90 Å². The summed E-state index contributed by atoms with van der Waals surface area (Å²) in [6.45, 7) is 1.66. The summed E-state index contributed by atoms with van der Waals surface area (Å²) in [6, 6.07) is 4.78. The standard InChI is InChI=1S/C21H21N5O3/c22-9-2-10-25-12-14(11-23-25)5-6-15-3-1-4-16-17(15)13-26(21(16)29)18-7-8-19(27)24-20(18)28/h1,3-4,11-12,18H,2,7-10,13,22H2,(H,24,27,28). The van der Waals surface area contributed by atoms with Crippen LogP contribution in [0.5, 0.6) is 0 Å². The Morgan fingerprint density at radius 2 is 2.10 bits per heavy atom. The number of carbonyl (C=O) groups is 3. The lowest BCUT2D eigenvalue weighted by Crippen LogP contribution is -2.52. The van der Waals surface area contributed by atoms with Crippen molar-refractivity contribution in [3.8, 4) is 11.8 Å². The third kappa shape index (κ3) is 3.77. The fourth-order valence-electron chi connectivity index (χ4n) is 3.65. The molecule has 2 aliphatic rings. The van der Waals surface area contributed by atoms with Gasteiger partial charge in [-0.1, -0.05) is 17.9 Å². The quantitative estimate of drug-likeness (QED) is 0.579. The lowest BCUT2D eigenvalue weighted by Gasteiger charge is -2.29. The molecule has 29 heavy (non-hydrogen) atoms. The SMILES string of the molecule is NCCCn1cc(C#Cc2cccc3c2CN(C2CCC(=O)NC2=O)C3=O)cn1. The van der Waals surface area contributed by atoms with E-state index >= 15 is 0 Å². The van der Waals surface area contributed by atoms with Gasteiger partial charge in [0.25, 0.3) is 5.91 Å². The molecule has 1 saturated heterocycles. The smallest absolute Gasteiger partial charge is 0.255 e. The molecule has 0 spiro atoms. The van der Waals surface area contributed by atoms with Crippen molar-refractivity contribution in [2.75, 3.05) is 6.54 Å². The van der Waals surface area contributed by atoms with E-state index in [0.717, 1.165) is 29.7 Å². The zero-order valence-electron chi connectivity index (χ0n) is 15.9. The number of nitrogens with two attached hydrogens (primary N) is 1. The van der Waals surface area contributed by atoms with Crippen molar-refractivity contribution >= 4 is 17.7 Å². The number of benzene rings is 1. The predicted octanol–water partition coefficient (Wildman–Crippen LogP) is 0.393. The van der Waals surface area contributed by atoms with Crippen LogP contribution >= 0.6 is 0 Å². The van der Waals surface area contributed by atoms with Gasteiger partial charge in [-0.25, -0.2) is 0 Å². The molecular formula is C21H21N5O3. The first-order chi connectivity index (χ1) is 14.1. The first-order valence-electron chi connectivity index (χ1n) is 9.58. The molecular weight excluding hydrogens is 370 g/mol. The Hall–Kier alpha value is -3.44. The van der Waals surface area contributed by atoms with Gasteiger partial charge in [0, 0.05) is 36.8 Å². The van der Waals surface area contributed by atoms with Crippen molar-refractivity contribution in [1.82, 2.24) is 20.0 Å². The van der Waals surface area contributed by atoms with Gasteiger partial charge in [-0.3, -0.25) is 24.4 Å². The van der Waals surface area contributed by atoms with Crippen LogP contribution in [0, 0.1) is 11.8 Å². The minimum absolute atomic E-state index is 0.201. The van der Waals surface area contributed by atoms with E-state index in [1.807, 2.05) is 12.3 Å². The first kappa shape index (κ1) is 18.9. The van der Waals surface area contributed by atoms with Gasteiger partial charge < -0.3 is 10.6 Å². The van der Waals surface area contributed by atoms with Gasteiger partial charge in [-0.2, -0.15) is 5.10 Å². The van der Waals surface area contributed by atoms with Crippen LogP contribution in [0.25, 0.3) is 0 Å². The van der Waals surface area contributed by atoms with Crippen LogP contribution in [0.1, 0.15) is 46.3 Å². The number of piperidine rings is 1. The lowest BCUT2D eigenvalue weighted by molar-refractivity contribution is -0.136. The average molecular weight is 391 g/mol. The highest BCUT2D eigenvalue weighted by Gasteiger charge is 2.39. The van der Waals surface area contributed by atoms with Crippen molar-refractivity contribution in [3.63, 3.8) is 0 Å². The molecule has 3 amide bonds. The number of hydrogen-bond donors (Lipinski definition) is 2. The van der Waals surface area contributed by atoms with E-state index < -0.39 is 11.9 Å². The number of fused-ring (bicyclic) bond motifs is 1.